The van der Waals surface area contributed by atoms with Gasteiger partial charge in [-0.15, -0.1) is 0 Å². The van der Waals surface area contributed by atoms with E-state index in [0.29, 0.717) is 11.1 Å². The van der Waals surface area contributed by atoms with Crippen molar-refractivity contribution in [2.24, 2.45) is 5.14 Å². The zero-order valence-electron chi connectivity index (χ0n) is 13.2. The molecule has 0 bridgehead atoms. The van der Waals surface area contributed by atoms with Gasteiger partial charge in [0.1, 0.15) is 0 Å². The quantitative estimate of drug-likeness (QED) is 0.754. The maximum Gasteiger partial charge on any atom is 0.266 e. The van der Waals surface area contributed by atoms with E-state index in [1.54, 1.807) is 24.3 Å². The van der Waals surface area contributed by atoms with Crippen LogP contribution in [0.1, 0.15) is 23.2 Å². The zero-order chi connectivity index (χ0) is 18.5. The molecule has 0 unspecified atom stereocenters. The van der Waals surface area contributed by atoms with E-state index in [1.807, 2.05) is 6.07 Å². The second-order valence-electron chi connectivity index (χ2n) is 6.07. The minimum Gasteiger partial charge on any atom is -0.334 e. The van der Waals surface area contributed by atoms with Crippen molar-refractivity contribution in [1.82, 2.24) is 10.1 Å². The monoisotopic (exact) mass is 377 g/mol. The average Bonchev–Trinajstić information content (AvgIpc) is 2.95. The average molecular weight is 377 g/mol. The van der Waals surface area contributed by atoms with Gasteiger partial charge in [0.25, 0.3) is 11.8 Å². The van der Waals surface area contributed by atoms with Gasteiger partial charge in [0.15, 0.2) is 5.82 Å². The molecule has 2 aromatic carbocycles. The molecule has 1 heterocycles. The van der Waals surface area contributed by atoms with Gasteiger partial charge in [0, 0.05) is 5.56 Å². The number of rotatable bonds is 4. The number of sulfonamides is 1. The molecule has 3 aromatic rings. The van der Waals surface area contributed by atoms with Crippen molar-refractivity contribution < 1.29 is 21.7 Å². The molecule has 134 valence electrons. The lowest BCUT2D eigenvalue weighted by atomic mass is 10.1. The van der Waals surface area contributed by atoms with Gasteiger partial charge in [-0.25, -0.2) is 22.3 Å². The summed E-state index contributed by atoms with van der Waals surface area (Å²) >= 11 is 0. The Morgan fingerprint density at radius 3 is 2.27 bits per heavy atom. The van der Waals surface area contributed by atoms with Crippen LogP contribution < -0.4 is 5.14 Å². The summed E-state index contributed by atoms with van der Waals surface area (Å²) in [6.07, 6.45) is 0. The van der Waals surface area contributed by atoms with Crippen LogP contribution >= 0.6 is 0 Å². The van der Waals surface area contributed by atoms with Crippen LogP contribution in [-0.4, -0.2) is 24.5 Å². The van der Waals surface area contributed by atoms with E-state index < -0.39 is 27.8 Å². The van der Waals surface area contributed by atoms with E-state index >= 15 is 0 Å². The van der Waals surface area contributed by atoms with Gasteiger partial charge in [0.2, 0.25) is 10.0 Å². The maximum absolute atomic E-state index is 14.3. The van der Waals surface area contributed by atoms with Crippen LogP contribution in [0.2, 0.25) is 0 Å². The van der Waals surface area contributed by atoms with Crippen molar-refractivity contribution in [3.63, 3.8) is 0 Å². The van der Waals surface area contributed by atoms with E-state index in [1.165, 1.54) is 24.3 Å². The van der Waals surface area contributed by atoms with Crippen molar-refractivity contribution in [2.45, 2.75) is 22.7 Å². The van der Waals surface area contributed by atoms with Gasteiger partial charge in [-0.3, -0.25) is 0 Å². The Labute approximate surface area is 147 Å². The number of benzene rings is 2. The lowest BCUT2D eigenvalue weighted by molar-refractivity contribution is 0.103. The standard InChI is InChI=1S/C17H13F2N3O3S/c18-17(19)13(10-6-8-12(9-7-10)26(20,23)24)14(17)15-21-16(25-22-15)11-4-2-1-3-5-11/h1-9,13-14H,(H2,20,23,24)/t13-,14+/m0/s1. The van der Waals surface area contributed by atoms with Crippen LogP contribution in [0.25, 0.3) is 11.5 Å². The summed E-state index contributed by atoms with van der Waals surface area (Å²) in [5, 5.41) is 8.72. The molecule has 0 amide bonds. The highest BCUT2D eigenvalue weighted by molar-refractivity contribution is 7.89. The number of aromatic nitrogens is 2. The zero-order valence-corrected chi connectivity index (χ0v) is 14.0. The van der Waals surface area contributed by atoms with Crippen molar-refractivity contribution in [2.75, 3.05) is 0 Å². The normalized spacial score (nSPS) is 21.5. The van der Waals surface area contributed by atoms with Crippen LogP contribution in [-0.2, 0) is 10.0 Å². The first-order valence-corrected chi connectivity index (χ1v) is 9.23. The molecule has 2 N–H and O–H groups in total. The summed E-state index contributed by atoms with van der Waals surface area (Å²) in [6, 6.07) is 13.9. The maximum atomic E-state index is 14.3. The van der Waals surface area contributed by atoms with E-state index in [2.05, 4.69) is 10.1 Å². The highest BCUT2D eigenvalue weighted by Crippen LogP contribution is 2.66. The Morgan fingerprint density at radius 2 is 1.65 bits per heavy atom. The minimum atomic E-state index is -3.87. The second-order valence-corrected chi connectivity index (χ2v) is 7.63. The lowest BCUT2D eigenvalue weighted by Gasteiger charge is -2.01. The summed E-state index contributed by atoms with van der Waals surface area (Å²) < 4.78 is 56.3. The number of nitrogens with two attached hydrogens (primary N) is 1. The van der Waals surface area contributed by atoms with Crippen LogP contribution in [0.5, 0.6) is 0 Å². The number of alkyl halides is 2. The van der Waals surface area contributed by atoms with Gasteiger partial charge in [-0.1, -0.05) is 35.5 Å². The van der Waals surface area contributed by atoms with Gasteiger partial charge in [-0.2, -0.15) is 4.98 Å². The Hall–Kier alpha value is -2.65. The summed E-state index contributed by atoms with van der Waals surface area (Å²) in [4.78, 5) is 3.97. The fraction of sp³-hybridized carbons (Fsp3) is 0.176. The molecule has 0 spiro atoms. The van der Waals surface area contributed by atoms with E-state index in [4.69, 9.17) is 9.66 Å². The third-order valence-electron chi connectivity index (χ3n) is 4.36. The first-order valence-electron chi connectivity index (χ1n) is 7.68. The Kier molecular flexibility index (Phi) is 3.67. The molecule has 0 radical (unpaired) electrons. The molecular formula is C17H13F2N3O3S. The third-order valence-corrected chi connectivity index (χ3v) is 5.29. The molecular weight excluding hydrogens is 364 g/mol. The molecule has 1 aliphatic carbocycles. The number of hydrogen-bond donors (Lipinski definition) is 1. The molecule has 1 aromatic heterocycles. The highest BCUT2D eigenvalue weighted by Gasteiger charge is 2.71. The van der Waals surface area contributed by atoms with Gasteiger partial charge < -0.3 is 4.52 Å². The minimum absolute atomic E-state index is 0.0747. The van der Waals surface area contributed by atoms with Crippen LogP contribution in [0, 0.1) is 0 Å². The van der Waals surface area contributed by atoms with Crippen LogP contribution in [0.3, 0.4) is 0 Å². The topological polar surface area (TPSA) is 99.1 Å². The van der Waals surface area contributed by atoms with Crippen molar-refractivity contribution in [1.29, 1.82) is 0 Å². The van der Waals surface area contributed by atoms with Crippen LogP contribution in [0.4, 0.5) is 8.78 Å². The van der Waals surface area contributed by atoms with E-state index in [0.717, 1.165) is 0 Å². The molecule has 1 aliphatic rings. The number of nitrogens with zero attached hydrogens (tertiary/aromatic N) is 2. The van der Waals surface area contributed by atoms with Crippen molar-refractivity contribution in [3.8, 4) is 11.5 Å². The first-order chi connectivity index (χ1) is 12.3. The molecule has 4 rings (SSSR count). The largest absolute Gasteiger partial charge is 0.334 e. The van der Waals surface area contributed by atoms with E-state index in [-0.39, 0.29) is 16.6 Å². The molecule has 0 aliphatic heterocycles. The summed E-state index contributed by atoms with van der Waals surface area (Å²) in [5.74, 6) is -5.30. The number of primary sulfonamides is 1. The summed E-state index contributed by atoms with van der Waals surface area (Å²) in [6.45, 7) is 0. The lowest BCUT2D eigenvalue weighted by Crippen LogP contribution is -2.11. The predicted octanol–water partition coefficient (Wildman–Crippen LogP) is 2.90. The predicted molar refractivity (Wildman–Crippen MR) is 88.0 cm³/mol. The Balaban J connectivity index is 1.62. The Morgan fingerprint density at radius 1 is 1.00 bits per heavy atom. The van der Waals surface area contributed by atoms with Gasteiger partial charge in [0.05, 0.1) is 16.7 Å². The van der Waals surface area contributed by atoms with Crippen molar-refractivity contribution in [3.05, 3.63) is 66.0 Å². The first kappa shape index (κ1) is 16.8. The molecule has 2 atom stereocenters. The molecule has 1 fully saturated rings. The molecule has 1 saturated carbocycles. The molecule has 6 nitrogen and oxygen atoms in total. The Bertz CT molecular complexity index is 1050. The molecule has 26 heavy (non-hydrogen) atoms. The van der Waals surface area contributed by atoms with Crippen LogP contribution in [0.15, 0.2) is 64.0 Å². The number of hydrogen-bond acceptors (Lipinski definition) is 5. The van der Waals surface area contributed by atoms with Crippen molar-refractivity contribution >= 4 is 10.0 Å². The second kappa shape index (κ2) is 5.68. The van der Waals surface area contributed by atoms with Gasteiger partial charge in [-0.05, 0) is 29.8 Å². The fourth-order valence-electron chi connectivity index (χ4n) is 2.99. The third kappa shape index (κ3) is 2.78. The van der Waals surface area contributed by atoms with E-state index in [9.17, 15) is 17.2 Å². The SMILES string of the molecule is NS(=O)(=O)c1ccc([C@H]2[C@H](c3noc(-c4ccccc4)n3)C2(F)F)cc1. The van der Waals surface area contributed by atoms with Gasteiger partial charge >= 0.3 is 0 Å². The number of halogens is 2. The molecule has 9 heteroatoms. The smallest absolute Gasteiger partial charge is 0.266 e. The molecule has 0 saturated heterocycles. The highest BCUT2D eigenvalue weighted by atomic mass is 32.2. The fourth-order valence-corrected chi connectivity index (χ4v) is 3.50. The summed E-state index contributed by atoms with van der Waals surface area (Å²) in [7, 11) is -3.87. The summed E-state index contributed by atoms with van der Waals surface area (Å²) in [5.41, 5.74) is 0.933.